The summed E-state index contributed by atoms with van der Waals surface area (Å²) in [6, 6.07) is 4.70. The number of nitriles is 1. The molecule has 0 N–H and O–H groups in total. The van der Waals surface area contributed by atoms with E-state index in [1.54, 1.807) is 6.07 Å². The monoisotopic (exact) mass is 361 g/mol. The normalized spacial score (nSPS) is 11.3. The lowest BCUT2D eigenvalue weighted by Crippen LogP contribution is -2.13. The largest absolute Gasteiger partial charge is 0.416 e. The van der Waals surface area contributed by atoms with Gasteiger partial charge in [0.2, 0.25) is 5.91 Å². The van der Waals surface area contributed by atoms with Crippen LogP contribution in [0.4, 0.5) is 13.2 Å². The van der Waals surface area contributed by atoms with Crippen LogP contribution in [0.25, 0.3) is 0 Å². The van der Waals surface area contributed by atoms with Crippen LogP contribution in [0.2, 0.25) is 10.0 Å². The fraction of sp³-hybridized carbons (Fsp3) is 0.214. The maximum atomic E-state index is 12.6. The Morgan fingerprint density at radius 2 is 1.91 bits per heavy atom. The molecule has 0 aliphatic carbocycles. The minimum Gasteiger partial charge on any atom is -0.273 e. The standard InChI is InChI=1S/C14H8Cl2F3N3O/c15-11-5-8(14(17,18)19)6-12(16)10(11)1-2-13(23)22-4-3-9(7-20)21-22/h3-6H,1-2H2. The third-order valence-corrected chi connectivity index (χ3v) is 3.69. The SMILES string of the molecule is N#Cc1ccn(C(=O)CCc2c(Cl)cc(C(F)(F)F)cc2Cl)n1. The molecule has 0 bridgehead atoms. The van der Waals surface area contributed by atoms with Gasteiger partial charge < -0.3 is 0 Å². The number of halogens is 5. The van der Waals surface area contributed by atoms with Gasteiger partial charge in [-0.05, 0) is 30.2 Å². The third kappa shape index (κ3) is 4.03. The summed E-state index contributed by atoms with van der Waals surface area (Å²) < 4.78 is 38.9. The zero-order valence-corrected chi connectivity index (χ0v) is 12.9. The average Bonchev–Trinajstić information content (AvgIpc) is 2.94. The van der Waals surface area contributed by atoms with Crippen molar-refractivity contribution in [3.8, 4) is 6.07 Å². The topological polar surface area (TPSA) is 58.7 Å². The zero-order chi connectivity index (χ0) is 17.2. The number of alkyl halides is 3. The predicted molar refractivity (Wildman–Crippen MR) is 77.4 cm³/mol. The van der Waals surface area contributed by atoms with Gasteiger partial charge in [-0.3, -0.25) is 4.79 Å². The molecule has 0 aliphatic rings. The molecule has 0 saturated carbocycles. The van der Waals surface area contributed by atoms with Crippen LogP contribution >= 0.6 is 23.2 Å². The summed E-state index contributed by atoms with van der Waals surface area (Å²) in [5.41, 5.74) is -0.611. The van der Waals surface area contributed by atoms with Gasteiger partial charge in [-0.2, -0.15) is 23.5 Å². The Kier molecular flexibility index (Phi) is 4.97. The summed E-state index contributed by atoms with van der Waals surface area (Å²) in [7, 11) is 0. The summed E-state index contributed by atoms with van der Waals surface area (Å²) in [6.07, 6.45) is -3.24. The summed E-state index contributed by atoms with van der Waals surface area (Å²) in [5, 5.41) is 12.1. The molecule has 0 amide bonds. The maximum Gasteiger partial charge on any atom is 0.416 e. The Morgan fingerprint density at radius 1 is 1.30 bits per heavy atom. The number of carbonyl (C=O) groups excluding carboxylic acids is 1. The highest BCUT2D eigenvalue weighted by atomic mass is 35.5. The van der Waals surface area contributed by atoms with Gasteiger partial charge in [-0.15, -0.1) is 0 Å². The van der Waals surface area contributed by atoms with Crippen LogP contribution in [0.15, 0.2) is 24.4 Å². The molecular formula is C14H8Cl2F3N3O. The molecule has 0 radical (unpaired) electrons. The highest BCUT2D eigenvalue weighted by Gasteiger charge is 2.32. The maximum absolute atomic E-state index is 12.6. The molecule has 0 aliphatic heterocycles. The van der Waals surface area contributed by atoms with Gasteiger partial charge in [0.1, 0.15) is 6.07 Å². The summed E-state index contributed by atoms with van der Waals surface area (Å²) in [5.74, 6) is -0.432. The Morgan fingerprint density at radius 3 is 2.39 bits per heavy atom. The molecule has 23 heavy (non-hydrogen) atoms. The molecule has 2 rings (SSSR count). The van der Waals surface area contributed by atoms with Crippen LogP contribution in [0.1, 0.15) is 28.0 Å². The lowest BCUT2D eigenvalue weighted by molar-refractivity contribution is -0.137. The van der Waals surface area contributed by atoms with E-state index in [-0.39, 0.29) is 34.1 Å². The molecule has 0 fully saturated rings. The summed E-state index contributed by atoms with van der Waals surface area (Å²) in [4.78, 5) is 11.9. The minimum absolute atomic E-state index is 0.0520. The van der Waals surface area contributed by atoms with Crippen molar-refractivity contribution < 1.29 is 18.0 Å². The second-order valence-electron chi connectivity index (χ2n) is 4.57. The van der Waals surface area contributed by atoms with Crippen LogP contribution in [0.3, 0.4) is 0 Å². The van der Waals surface area contributed by atoms with Crippen LogP contribution in [-0.2, 0) is 12.6 Å². The van der Waals surface area contributed by atoms with Gasteiger partial charge in [0, 0.05) is 22.7 Å². The molecule has 1 heterocycles. The van der Waals surface area contributed by atoms with Crippen molar-refractivity contribution in [2.75, 3.05) is 0 Å². The number of hydrogen-bond donors (Lipinski definition) is 0. The van der Waals surface area contributed by atoms with E-state index in [0.29, 0.717) is 0 Å². The van der Waals surface area contributed by atoms with E-state index < -0.39 is 17.6 Å². The number of rotatable bonds is 3. The van der Waals surface area contributed by atoms with E-state index in [4.69, 9.17) is 28.5 Å². The van der Waals surface area contributed by atoms with Crippen molar-refractivity contribution in [2.24, 2.45) is 0 Å². The minimum atomic E-state index is -4.55. The number of benzene rings is 1. The van der Waals surface area contributed by atoms with Gasteiger partial charge in [0.05, 0.1) is 5.56 Å². The van der Waals surface area contributed by atoms with Crippen molar-refractivity contribution in [1.82, 2.24) is 9.78 Å². The van der Waals surface area contributed by atoms with Crippen molar-refractivity contribution in [1.29, 1.82) is 5.26 Å². The fourth-order valence-electron chi connectivity index (χ4n) is 1.87. The van der Waals surface area contributed by atoms with Gasteiger partial charge in [0.25, 0.3) is 0 Å². The number of nitrogens with zero attached hydrogens (tertiary/aromatic N) is 3. The Labute approximate surface area is 139 Å². The lowest BCUT2D eigenvalue weighted by Gasteiger charge is -2.12. The third-order valence-electron chi connectivity index (χ3n) is 3.02. The molecule has 0 unspecified atom stereocenters. The molecule has 120 valence electrons. The summed E-state index contributed by atoms with van der Waals surface area (Å²) >= 11 is 11.7. The molecule has 0 atom stereocenters. The molecule has 0 spiro atoms. The van der Waals surface area contributed by atoms with Crippen LogP contribution in [-0.4, -0.2) is 15.7 Å². The number of aromatic nitrogens is 2. The van der Waals surface area contributed by atoms with E-state index >= 15 is 0 Å². The smallest absolute Gasteiger partial charge is 0.273 e. The lowest BCUT2D eigenvalue weighted by atomic mass is 10.1. The van der Waals surface area contributed by atoms with Gasteiger partial charge in [0.15, 0.2) is 5.69 Å². The van der Waals surface area contributed by atoms with E-state index in [1.807, 2.05) is 0 Å². The first-order valence-corrected chi connectivity index (χ1v) is 7.02. The quantitative estimate of drug-likeness (QED) is 0.816. The average molecular weight is 362 g/mol. The predicted octanol–water partition coefficient (Wildman–Crippen LogP) is 4.35. The fourth-order valence-corrected chi connectivity index (χ4v) is 2.55. The van der Waals surface area contributed by atoms with E-state index in [0.717, 1.165) is 16.8 Å². The Balaban J connectivity index is 2.15. The highest BCUT2D eigenvalue weighted by Crippen LogP contribution is 2.36. The molecular weight excluding hydrogens is 354 g/mol. The van der Waals surface area contributed by atoms with Crippen LogP contribution in [0, 0.1) is 11.3 Å². The Hall–Kier alpha value is -2.04. The first-order valence-electron chi connectivity index (χ1n) is 6.26. The first-order chi connectivity index (χ1) is 10.7. The molecule has 0 saturated heterocycles. The second kappa shape index (κ2) is 6.60. The van der Waals surface area contributed by atoms with Crippen molar-refractivity contribution in [3.05, 3.63) is 51.3 Å². The van der Waals surface area contributed by atoms with E-state index in [2.05, 4.69) is 5.10 Å². The second-order valence-corrected chi connectivity index (χ2v) is 5.38. The Bertz CT molecular complexity index is 770. The van der Waals surface area contributed by atoms with Crippen LogP contribution < -0.4 is 0 Å². The zero-order valence-electron chi connectivity index (χ0n) is 11.4. The van der Waals surface area contributed by atoms with E-state index in [9.17, 15) is 18.0 Å². The van der Waals surface area contributed by atoms with Crippen LogP contribution in [0.5, 0.6) is 0 Å². The number of carbonyl (C=O) groups is 1. The van der Waals surface area contributed by atoms with Gasteiger partial charge in [-0.25, -0.2) is 4.68 Å². The van der Waals surface area contributed by atoms with E-state index in [1.165, 1.54) is 12.3 Å². The number of hydrogen-bond acceptors (Lipinski definition) is 3. The molecule has 9 heteroatoms. The summed E-state index contributed by atoms with van der Waals surface area (Å²) in [6.45, 7) is 0. The van der Waals surface area contributed by atoms with Gasteiger partial charge in [-0.1, -0.05) is 23.2 Å². The molecule has 1 aromatic heterocycles. The first kappa shape index (κ1) is 17.3. The van der Waals surface area contributed by atoms with Crippen molar-refractivity contribution in [2.45, 2.75) is 19.0 Å². The molecule has 2 aromatic rings. The molecule has 1 aromatic carbocycles. The van der Waals surface area contributed by atoms with Gasteiger partial charge >= 0.3 is 6.18 Å². The highest BCUT2D eigenvalue weighted by molar-refractivity contribution is 6.36. The van der Waals surface area contributed by atoms with Crippen molar-refractivity contribution >= 4 is 29.1 Å². The van der Waals surface area contributed by atoms with Crippen molar-refractivity contribution in [3.63, 3.8) is 0 Å². The molecule has 4 nitrogen and oxygen atoms in total.